The van der Waals surface area contributed by atoms with Crippen LogP contribution in [0.15, 0.2) is 89.9 Å². The van der Waals surface area contributed by atoms with Gasteiger partial charge in [-0.3, -0.25) is 5.41 Å². The van der Waals surface area contributed by atoms with Gasteiger partial charge in [0.2, 0.25) is 0 Å². The summed E-state index contributed by atoms with van der Waals surface area (Å²) in [6.45, 7) is 8.57. The van der Waals surface area contributed by atoms with E-state index in [2.05, 4.69) is 110 Å². The van der Waals surface area contributed by atoms with Crippen LogP contribution in [0.2, 0.25) is 0 Å². The minimum atomic E-state index is -0.277. The number of nitrogens with one attached hydrogen (secondary N) is 1. The summed E-state index contributed by atoms with van der Waals surface area (Å²) in [6.07, 6.45) is 0. The fourth-order valence-corrected chi connectivity index (χ4v) is 3.78. The molecule has 29 heavy (non-hydrogen) atoms. The van der Waals surface area contributed by atoms with Crippen LogP contribution in [-0.4, -0.2) is 11.5 Å². The number of rotatable bonds is 4. The van der Waals surface area contributed by atoms with E-state index in [4.69, 9.17) is 5.41 Å². The fraction of sp³-hybridized carbons (Fsp3) is 0.231. The van der Waals surface area contributed by atoms with Crippen LogP contribution < -0.4 is 4.90 Å². The summed E-state index contributed by atoms with van der Waals surface area (Å²) in [5.41, 5.74) is 4.93. The molecule has 1 aliphatic heterocycles. The molecule has 0 unspecified atom stereocenters. The summed E-state index contributed by atoms with van der Waals surface area (Å²) in [4.78, 5) is 6.89. The first-order valence-electron chi connectivity index (χ1n) is 10.0. The van der Waals surface area contributed by atoms with Gasteiger partial charge in [0.05, 0.1) is 5.71 Å². The molecule has 0 aliphatic carbocycles. The van der Waals surface area contributed by atoms with E-state index in [9.17, 15) is 0 Å². The summed E-state index contributed by atoms with van der Waals surface area (Å²) in [5, 5.41) is 8.33. The van der Waals surface area contributed by atoms with Crippen molar-refractivity contribution in [1.29, 1.82) is 5.41 Å². The zero-order valence-electron chi connectivity index (χ0n) is 17.5. The van der Waals surface area contributed by atoms with Crippen molar-refractivity contribution in [1.82, 2.24) is 0 Å². The quantitative estimate of drug-likeness (QED) is 0.520. The largest absolute Gasteiger partial charge is 0.311 e. The predicted molar refractivity (Wildman–Crippen MR) is 123 cm³/mol. The first kappa shape index (κ1) is 19.1. The van der Waals surface area contributed by atoms with E-state index < -0.39 is 0 Å². The second-order valence-electron chi connectivity index (χ2n) is 8.61. The van der Waals surface area contributed by atoms with Gasteiger partial charge >= 0.3 is 0 Å². The SMILES string of the molecule is CC1(C)C(=N)N=C(c2ccc(N(c3ccccc3)c3ccccc3)cc2)C1(C)C. The van der Waals surface area contributed by atoms with Gasteiger partial charge in [-0.2, -0.15) is 0 Å². The van der Waals surface area contributed by atoms with Crippen molar-refractivity contribution in [3.05, 3.63) is 90.5 Å². The number of hydrogen-bond acceptors (Lipinski definition) is 2. The number of anilines is 3. The molecule has 146 valence electrons. The number of aliphatic imine (C=N–C) groups is 1. The molecule has 0 atom stereocenters. The maximum Gasteiger partial charge on any atom is 0.127 e. The van der Waals surface area contributed by atoms with Gasteiger partial charge in [0, 0.05) is 27.9 Å². The minimum absolute atomic E-state index is 0.190. The number of nitrogens with zero attached hydrogens (tertiary/aromatic N) is 2. The molecule has 0 spiro atoms. The lowest BCUT2D eigenvalue weighted by Gasteiger charge is -2.35. The predicted octanol–water partition coefficient (Wildman–Crippen LogP) is 6.99. The minimum Gasteiger partial charge on any atom is -0.311 e. The van der Waals surface area contributed by atoms with Crippen LogP contribution in [0.1, 0.15) is 33.3 Å². The Balaban J connectivity index is 1.75. The molecule has 3 nitrogen and oxygen atoms in total. The highest BCUT2D eigenvalue weighted by Crippen LogP contribution is 2.47. The Hall–Kier alpha value is -3.20. The lowest BCUT2D eigenvalue weighted by Crippen LogP contribution is -2.38. The molecular formula is C26H27N3. The average Bonchev–Trinajstić information content (AvgIpc) is 2.89. The van der Waals surface area contributed by atoms with E-state index in [1.54, 1.807) is 0 Å². The molecule has 0 amide bonds. The third-order valence-electron chi connectivity index (χ3n) is 6.40. The van der Waals surface area contributed by atoms with Gasteiger partial charge in [-0.15, -0.1) is 0 Å². The van der Waals surface area contributed by atoms with Crippen molar-refractivity contribution in [2.45, 2.75) is 27.7 Å². The van der Waals surface area contributed by atoms with Crippen LogP contribution in [0.4, 0.5) is 17.1 Å². The topological polar surface area (TPSA) is 39.5 Å². The number of benzene rings is 3. The molecule has 1 N–H and O–H groups in total. The van der Waals surface area contributed by atoms with E-state index >= 15 is 0 Å². The molecule has 0 radical (unpaired) electrons. The van der Waals surface area contributed by atoms with E-state index in [1.807, 2.05) is 12.1 Å². The van der Waals surface area contributed by atoms with Gasteiger partial charge in [-0.25, -0.2) is 4.99 Å². The molecule has 0 saturated carbocycles. The lowest BCUT2D eigenvalue weighted by molar-refractivity contribution is 0.297. The van der Waals surface area contributed by atoms with Crippen molar-refractivity contribution >= 4 is 28.6 Å². The van der Waals surface area contributed by atoms with Crippen LogP contribution in [0.5, 0.6) is 0 Å². The number of amidine groups is 1. The normalized spacial score (nSPS) is 17.1. The van der Waals surface area contributed by atoms with Gasteiger partial charge in [0.1, 0.15) is 5.84 Å². The molecule has 1 heterocycles. The monoisotopic (exact) mass is 381 g/mol. The van der Waals surface area contributed by atoms with Crippen LogP contribution >= 0.6 is 0 Å². The van der Waals surface area contributed by atoms with Gasteiger partial charge < -0.3 is 4.90 Å². The third kappa shape index (κ3) is 3.17. The van der Waals surface area contributed by atoms with Gasteiger partial charge in [-0.1, -0.05) is 76.2 Å². The summed E-state index contributed by atoms with van der Waals surface area (Å²) in [7, 11) is 0. The Bertz CT molecular complexity index is 1010. The Labute approximate surface area is 173 Å². The molecule has 0 bridgehead atoms. The lowest BCUT2D eigenvalue weighted by atomic mass is 9.66. The van der Waals surface area contributed by atoms with E-state index in [0.29, 0.717) is 5.84 Å². The van der Waals surface area contributed by atoms with Crippen molar-refractivity contribution in [3.63, 3.8) is 0 Å². The number of para-hydroxylation sites is 2. The van der Waals surface area contributed by atoms with Crippen LogP contribution in [-0.2, 0) is 0 Å². The fourth-order valence-electron chi connectivity index (χ4n) is 3.78. The number of hydrogen-bond donors (Lipinski definition) is 1. The van der Waals surface area contributed by atoms with Gasteiger partial charge in [0.25, 0.3) is 0 Å². The second-order valence-corrected chi connectivity index (χ2v) is 8.61. The Morgan fingerprint density at radius 1 is 0.621 bits per heavy atom. The Morgan fingerprint density at radius 3 is 1.48 bits per heavy atom. The van der Waals surface area contributed by atoms with Crippen LogP contribution in [0.25, 0.3) is 0 Å². The van der Waals surface area contributed by atoms with E-state index in [1.165, 1.54) is 0 Å². The maximum absolute atomic E-state index is 8.33. The highest BCUT2D eigenvalue weighted by molar-refractivity contribution is 6.17. The summed E-state index contributed by atoms with van der Waals surface area (Å²) < 4.78 is 0. The highest BCUT2D eigenvalue weighted by Gasteiger charge is 2.49. The molecule has 1 aliphatic rings. The van der Waals surface area contributed by atoms with Gasteiger partial charge in [0.15, 0.2) is 0 Å². The van der Waals surface area contributed by atoms with Crippen molar-refractivity contribution in [2.75, 3.05) is 4.90 Å². The molecule has 3 aromatic carbocycles. The molecule has 3 heteroatoms. The zero-order chi connectivity index (χ0) is 20.6. The molecule has 0 aromatic heterocycles. The van der Waals surface area contributed by atoms with Gasteiger partial charge in [-0.05, 0) is 42.0 Å². The zero-order valence-corrected chi connectivity index (χ0v) is 17.5. The Morgan fingerprint density at radius 2 is 1.07 bits per heavy atom. The summed E-state index contributed by atoms with van der Waals surface area (Å²) >= 11 is 0. The highest BCUT2D eigenvalue weighted by atomic mass is 15.1. The van der Waals surface area contributed by atoms with Crippen LogP contribution in [0.3, 0.4) is 0 Å². The second kappa shape index (κ2) is 7.00. The first-order valence-corrected chi connectivity index (χ1v) is 10.0. The van der Waals surface area contributed by atoms with E-state index in [-0.39, 0.29) is 10.8 Å². The standard InChI is InChI=1S/C26H27N3/c1-25(2)23(28-24(27)26(25,3)4)19-15-17-22(18-16-19)29(20-11-7-5-8-12-20)21-13-9-6-10-14-21/h5-18,27H,1-4H3. The van der Waals surface area contributed by atoms with Crippen molar-refractivity contribution in [2.24, 2.45) is 15.8 Å². The molecule has 3 aromatic rings. The third-order valence-corrected chi connectivity index (χ3v) is 6.40. The van der Waals surface area contributed by atoms with E-state index in [0.717, 1.165) is 28.3 Å². The van der Waals surface area contributed by atoms with Crippen molar-refractivity contribution < 1.29 is 0 Å². The average molecular weight is 382 g/mol. The van der Waals surface area contributed by atoms with Crippen molar-refractivity contribution in [3.8, 4) is 0 Å². The summed E-state index contributed by atoms with van der Waals surface area (Å²) in [6, 6.07) is 29.3. The first-order chi connectivity index (χ1) is 13.8. The Kier molecular flexibility index (Phi) is 4.62. The smallest absolute Gasteiger partial charge is 0.127 e. The molecule has 0 saturated heterocycles. The molecule has 4 rings (SSSR count). The molecule has 0 fully saturated rings. The molecular weight excluding hydrogens is 354 g/mol. The summed E-state index contributed by atoms with van der Waals surface area (Å²) in [5.74, 6) is 0.455. The van der Waals surface area contributed by atoms with Crippen LogP contribution in [0, 0.1) is 16.2 Å². The maximum atomic E-state index is 8.33.